The van der Waals surface area contributed by atoms with Crippen LogP contribution in [0.5, 0.6) is 0 Å². The van der Waals surface area contributed by atoms with Gasteiger partial charge in [0, 0.05) is 0 Å². The summed E-state index contributed by atoms with van der Waals surface area (Å²) in [6.07, 6.45) is 4.54. The number of oxime groups is 1. The van der Waals surface area contributed by atoms with Crippen molar-refractivity contribution in [2.24, 2.45) is 22.4 Å². The number of nitrogens with zero attached hydrogens (tertiary/aromatic N) is 1. The van der Waals surface area contributed by atoms with Gasteiger partial charge < -0.3 is 9.94 Å². The van der Waals surface area contributed by atoms with Crippen LogP contribution in [-0.2, 0) is 9.63 Å². The molecule has 4 nitrogen and oxygen atoms in total. The molecule has 1 unspecified atom stereocenters. The second-order valence-corrected chi connectivity index (χ2v) is 5.14. The van der Waals surface area contributed by atoms with Gasteiger partial charge in [0.15, 0.2) is 0 Å². The van der Waals surface area contributed by atoms with E-state index in [1.54, 1.807) is 6.21 Å². The van der Waals surface area contributed by atoms with E-state index >= 15 is 0 Å². The quantitative estimate of drug-likeness (QED) is 0.440. The number of allylic oxidation sites excluding steroid dienone is 2. The van der Waals surface area contributed by atoms with Crippen molar-refractivity contribution >= 4 is 12.2 Å². The van der Waals surface area contributed by atoms with E-state index in [0.29, 0.717) is 6.61 Å². The van der Waals surface area contributed by atoms with Crippen molar-refractivity contribution in [3.05, 3.63) is 11.6 Å². The smallest absolute Gasteiger partial charge is 0.307 e. The molecular formula is C13H21NO3. The lowest BCUT2D eigenvalue weighted by atomic mass is 10.1. The van der Waals surface area contributed by atoms with E-state index in [9.17, 15) is 4.79 Å². The highest BCUT2D eigenvalue weighted by atomic mass is 16.6. The van der Waals surface area contributed by atoms with Crippen molar-refractivity contribution in [2.75, 3.05) is 6.61 Å². The third kappa shape index (κ3) is 3.32. The Morgan fingerprint density at radius 2 is 2.18 bits per heavy atom. The minimum atomic E-state index is -0.719. The highest BCUT2D eigenvalue weighted by molar-refractivity contribution is 5.80. The first kappa shape index (κ1) is 13.7. The molecule has 0 heterocycles. The lowest BCUT2D eigenvalue weighted by Crippen LogP contribution is -2.03. The molecule has 4 heteroatoms. The van der Waals surface area contributed by atoms with Crippen molar-refractivity contribution < 1.29 is 14.7 Å². The first-order valence-electron chi connectivity index (χ1n) is 5.97. The third-order valence-electron chi connectivity index (χ3n) is 3.25. The number of rotatable bonds is 6. The van der Waals surface area contributed by atoms with Gasteiger partial charge in [-0.05, 0) is 30.3 Å². The van der Waals surface area contributed by atoms with Crippen LogP contribution in [0.2, 0.25) is 0 Å². The number of hydrogen-bond acceptors (Lipinski definition) is 3. The molecule has 0 amide bonds. The molecular weight excluding hydrogens is 218 g/mol. The van der Waals surface area contributed by atoms with Gasteiger partial charge in [-0.3, -0.25) is 4.79 Å². The van der Waals surface area contributed by atoms with Crippen LogP contribution in [0.15, 0.2) is 16.8 Å². The molecule has 0 aromatic heterocycles. The van der Waals surface area contributed by atoms with Crippen molar-refractivity contribution in [3.63, 3.8) is 0 Å². The maximum absolute atomic E-state index is 11.0. The lowest BCUT2D eigenvalue weighted by Gasteiger charge is -1.98. The third-order valence-corrected chi connectivity index (χ3v) is 3.25. The summed E-state index contributed by atoms with van der Waals surface area (Å²) >= 11 is 0. The Labute approximate surface area is 102 Å². The van der Waals surface area contributed by atoms with E-state index in [1.807, 2.05) is 33.8 Å². The Bertz CT molecular complexity index is 345. The standard InChI is InChI=1S/C13H21NO3/c1-5-6-17-14-8-9(2)7-10-11(12(15)16)13(10,3)4/h7-8,10-11H,5-6H2,1-4H3,(H,15,16)/t10?,11-/m0/s1. The van der Waals surface area contributed by atoms with Gasteiger partial charge in [0.1, 0.15) is 6.61 Å². The molecule has 1 aliphatic rings. The Hall–Kier alpha value is -1.32. The van der Waals surface area contributed by atoms with Crippen LogP contribution in [0.4, 0.5) is 0 Å². The predicted molar refractivity (Wildman–Crippen MR) is 66.9 cm³/mol. The van der Waals surface area contributed by atoms with E-state index in [1.165, 1.54) is 0 Å². The second-order valence-electron chi connectivity index (χ2n) is 5.14. The van der Waals surface area contributed by atoms with Crippen LogP contribution < -0.4 is 0 Å². The van der Waals surface area contributed by atoms with Gasteiger partial charge in [0.05, 0.1) is 12.1 Å². The molecule has 0 spiro atoms. The number of carbonyl (C=O) groups is 1. The van der Waals surface area contributed by atoms with Crippen LogP contribution in [0.1, 0.15) is 34.1 Å². The SMILES string of the molecule is CCCON=CC(C)=CC1[C@@H](C(=O)O)C1(C)C. The summed E-state index contributed by atoms with van der Waals surface area (Å²) in [5.41, 5.74) is 0.800. The highest BCUT2D eigenvalue weighted by Crippen LogP contribution is 2.59. The zero-order valence-corrected chi connectivity index (χ0v) is 10.9. The normalized spacial score (nSPS) is 27.2. The molecule has 96 valence electrons. The minimum absolute atomic E-state index is 0.0950. The second kappa shape index (κ2) is 5.34. The fourth-order valence-corrected chi connectivity index (χ4v) is 2.05. The van der Waals surface area contributed by atoms with E-state index < -0.39 is 5.97 Å². The molecule has 1 N–H and O–H groups in total. The molecule has 0 saturated heterocycles. The number of aliphatic carboxylic acids is 1. The van der Waals surface area contributed by atoms with E-state index in [-0.39, 0.29) is 17.3 Å². The van der Waals surface area contributed by atoms with Crippen LogP contribution in [0.3, 0.4) is 0 Å². The molecule has 0 aromatic rings. The molecule has 1 saturated carbocycles. The first-order valence-corrected chi connectivity index (χ1v) is 5.97. The molecule has 1 fully saturated rings. The summed E-state index contributed by atoms with van der Waals surface area (Å²) < 4.78 is 0. The number of carboxylic acid groups (broad SMARTS) is 1. The lowest BCUT2D eigenvalue weighted by molar-refractivity contribution is -0.139. The first-order chi connectivity index (χ1) is 7.91. The summed E-state index contributed by atoms with van der Waals surface area (Å²) in [7, 11) is 0. The van der Waals surface area contributed by atoms with Gasteiger partial charge in [0.25, 0.3) is 0 Å². The zero-order chi connectivity index (χ0) is 13.1. The topological polar surface area (TPSA) is 58.9 Å². The fraction of sp³-hybridized carbons (Fsp3) is 0.692. The van der Waals surface area contributed by atoms with Gasteiger partial charge in [-0.1, -0.05) is 32.0 Å². The average molecular weight is 239 g/mol. The van der Waals surface area contributed by atoms with E-state index in [4.69, 9.17) is 9.94 Å². The van der Waals surface area contributed by atoms with Crippen molar-refractivity contribution in [1.29, 1.82) is 0 Å². The van der Waals surface area contributed by atoms with Crippen LogP contribution >= 0.6 is 0 Å². The predicted octanol–water partition coefficient (Wildman–Crippen LogP) is 2.70. The Morgan fingerprint density at radius 1 is 1.53 bits per heavy atom. The maximum Gasteiger partial charge on any atom is 0.307 e. The Balaban J connectivity index is 2.53. The van der Waals surface area contributed by atoms with Crippen molar-refractivity contribution in [3.8, 4) is 0 Å². The van der Waals surface area contributed by atoms with Gasteiger partial charge >= 0.3 is 5.97 Å². The monoisotopic (exact) mass is 239 g/mol. The Morgan fingerprint density at radius 3 is 2.65 bits per heavy atom. The minimum Gasteiger partial charge on any atom is -0.481 e. The molecule has 1 rings (SSSR count). The highest BCUT2D eigenvalue weighted by Gasteiger charge is 2.60. The Kier molecular flexibility index (Phi) is 4.32. The molecule has 0 aliphatic heterocycles. The molecule has 0 aromatic carbocycles. The van der Waals surface area contributed by atoms with Crippen molar-refractivity contribution in [2.45, 2.75) is 34.1 Å². The average Bonchev–Trinajstić information content (AvgIpc) is 2.75. The number of hydrogen-bond donors (Lipinski definition) is 1. The van der Waals surface area contributed by atoms with Gasteiger partial charge in [-0.25, -0.2) is 0 Å². The molecule has 0 radical (unpaired) electrons. The molecule has 17 heavy (non-hydrogen) atoms. The van der Waals surface area contributed by atoms with E-state index in [0.717, 1.165) is 12.0 Å². The number of carboxylic acids is 1. The van der Waals surface area contributed by atoms with Crippen LogP contribution in [-0.4, -0.2) is 23.9 Å². The van der Waals surface area contributed by atoms with Gasteiger partial charge in [0.2, 0.25) is 0 Å². The summed E-state index contributed by atoms with van der Waals surface area (Å²) in [5.74, 6) is -0.900. The van der Waals surface area contributed by atoms with Gasteiger partial charge in [-0.15, -0.1) is 0 Å². The van der Waals surface area contributed by atoms with E-state index in [2.05, 4.69) is 5.16 Å². The summed E-state index contributed by atoms with van der Waals surface area (Å²) in [6, 6.07) is 0. The van der Waals surface area contributed by atoms with Crippen LogP contribution in [0.25, 0.3) is 0 Å². The summed E-state index contributed by atoms with van der Waals surface area (Å²) in [4.78, 5) is 16.0. The largest absolute Gasteiger partial charge is 0.481 e. The van der Waals surface area contributed by atoms with Crippen LogP contribution in [0, 0.1) is 17.3 Å². The van der Waals surface area contributed by atoms with Gasteiger partial charge in [-0.2, -0.15) is 0 Å². The fourth-order valence-electron chi connectivity index (χ4n) is 2.05. The maximum atomic E-state index is 11.0. The molecule has 2 atom stereocenters. The van der Waals surface area contributed by atoms with Crippen molar-refractivity contribution in [1.82, 2.24) is 0 Å². The molecule has 0 bridgehead atoms. The summed E-state index contributed by atoms with van der Waals surface area (Å²) in [5, 5.41) is 12.8. The summed E-state index contributed by atoms with van der Waals surface area (Å²) in [6.45, 7) is 8.49. The molecule has 1 aliphatic carbocycles. The zero-order valence-electron chi connectivity index (χ0n) is 10.9.